The van der Waals surface area contributed by atoms with Crippen LogP contribution in [0, 0.1) is 5.92 Å². The topological polar surface area (TPSA) is 86.8 Å². The smallest absolute Gasteiger partial charge is 0.325 e. The Bertz CT molecular complexity index is 744. The van der Waals surface area contributed by atoms with E-state index >= 15 is 0 Å². The van der Waals surface area contributed by atoms with Crippen molar-refractivity contribution in [3.63, 3.8) is 0 Å². The summed E-state index contributed by atoms with van der Waals surface area (Å²) in [5.74, 6) is -2.99. The lowest BCUT2D eigenvalue weighted by atomic mass is 10.2. The molecule has 0 saturated carbocycles. The predicted molar refractivity (Wildman–Crippen MR) is 83.7 cm³/mol. The monoisotopic (exact) mass is 371 g/mol. The number of nitrogens with zero attached hydrogens (tertiary/aromatic N) is 2. The second kappa shape index (κ2) is 7.14. The summed E-state index contributed by atoms with van der Waals surface area (Å²) in [6.45, 7) is 2.84. The van der Waals surface area contributed by atoms with Crippen LogP contribution in [-0.4, -0.2) is 46.6 Å². The van der Waals surface area contributed by atoms with Gasteiger partial charge in [-0.15, -0.1) is 0 Å². The molecule has 1 saturated heterocycles. The summed E-state index contributed by atoms with van der Waals surface area (Å²) in [4.78, 5) is 49.0. The Morgan fingerprint density at radius 1 is 1.04 bits per heavy atom. The summed E-state index contributed by atoms with van der Waals surface area (Å²) >= 11 is 0. The normalized spacial score (nSPS) is 15.2. The fraction of sp³-hybridized carbons (Fsp3) is 0.375. The molecule has 1 heterocycles. The van der Waals surface area contributed by atoms with E-state index in [0.29, 0.717) is 4.90 Å². The summed E-state index contributed by atoms with van der Waals surface area (Å²) in [5, 5.41) is 2.28. The standard InChI is InChI=1S/C16H16F3N3O4/c1-9(2)7-21-13(24)14(25)22(15(21)26)8-12(23)20-11-5-3-10(4-6-11)16(17,18)19/h3-6,9H,7-8H2,1-2H3,(H,20,23). The Hall–Kier alpha value is -2.91. The number of urea groups is 1. The zero-order chi connectivity index (χ0) is 19.6. The number of amides is 5. The summed E-state index contributed by atoms with van der Waals surface area (Å²) in [6.07, 6.45) is -4.50. The fourth-order valence-corrected chi connectivity index (χ4v) is 2.30. The van der Waals surface area contributed by atoms with Crippen LogP contribution in [0.3, 0.4) is 0 Å². The molecular weight excluding hydrogens is 355 g/mol. The maximum Gasteiger partial charge on any atom is 0.416 e. The number of nitrogens with one attached hydrogen (secondary N) is 1. The molecule has 0 atom stereocenters. The lowest BCUT2D eigenvalue weighted by Crippen LogP contribution is -2.39. The predicted octanol–water partition coefficient (Wildman–Crippen LogP) is 2.09. The third-order valence-corrected chi connectivity index (χ3v) is 3.48. The van der Waals surface area contributed by atoms with E-state index in [1.807, 2.05) is 0 Å². The maximum absolute atomic E-state index is 12.5. The minimum Gasteiger partial charge on any atom is -0.325 e. The molecule has 140 valence electrons. The number of halogens is 3. The number of rotatable bonds is 5. The van der Waals surface area contributed by atoms with E-state index in [2.05, 4.69) is 5.32 Å². The van der Waals surface area contributed by atoms with Crippen LogP contribution >= 0.6 is 0 Å². The molecule has 1 fully saturated rings. The molecule has 0 aliphatic carbocycles. The Balaban J connectivity index is 2.02. The van der Waals surface area contributed by atoms with Crippen molar-refractivity contribution in [2.24, 2.45) is 5.92 Å². The van der Waals surface area contributed by atoms with E-state index in [9.17, 15) is 32.3 Å². The summed E-state index contributed by atoms with van der Waals surface area (Å²) in [5.41, 5.74) is -0.817. The molecule has 0 aromatic heterocycles. The van der Waals surface area contributed by atoms with Gasteiger partial charge in [-0.3, -0.25) is 19.3 Å². The molecule has 0 spiro atoms. The molecule has 0 bridgehead atoms. The van der Waals surface area contributed by atoms with Crippen molar-refractivity contribution in [2.45, 2.75) is 20.0 Å². The van der Waals surface area contributed by atoms with Crippen LogP contribution < -0.4 is 5.32 Å². The summed E-state index contributed by atoms with van der Waals surface area (Å²) < 4.78 is 37.5. The SMILES string of the molecule is CC(C)CN1C(=O)C(=O)N(CC(=O)Nc2ccc(C(F)(F)F)cc2)C1=O. The van der Waals surface area contributed by atoms with E-state index in [4.69, 9.17) is 0 Å². The van der Waals surface area contributed by atoms with Gasteiger partial charge < -0.3 is 5.32 Å². The minimum atomic E-state index is -4.50. The van der Waals surface area contributed by atoms with Crippen LogP contribution in [-0.2, 0) is 20.6 Å². The number of hydrogen-bond donors (Lipinski definition) is 1. The molecule has 1 N–H and O–H groups in total. The van der Waals surface area contributed by atoms with Crippen molar-refractivity contribution in [3.05, 3.63) is 29.8 Å². The molecule has 2 rings (SSSR count). The largest absolute Gasteiger partial charge is 0.416 e. The van der Waals surface area contributed by atoms with Gasteiger partial charge in [0, 0.05) is 12.2 Å². The van der Waals surface area contributed by atoms with Crippen LogP contribution in [0.5, 0.6) is 0 Å². The Morgan fingerprint density at radius 2 is 1.58 bits per heavy atom. The van der Waals surface area contributed by atoms with Gasteiger partial charge >= 0.3 is 24.0 Å². The minimum absolute atomic E-state index is 0.0421. The Kier molecular flexibility index (Phi) is 5.33. The number of anilines is 1. The Morgan fingerprint density at radius 3 is 2.08 bits per heavy atom. The van der Waals surface area contributed by atoms with E-state index in [0.717, 1.165) is 29.2 Å². The highest BCUT2D eigenvalue weighted by Crippen LogP contribution is 2.29. The van der Waals surface area contributed by atoms with Gasteiger partial charge in [0.25, 0.3) is 0 Å². The zero-order valence-electron chi connectivity index (χ0n) is 14.0. The van der Waals surface area contributed by atoms with Crippen LogP contribution in [0.15, 0.2) is 24.3 Å². The van der Waals surface area contributed by atoms with Gasteiger partial charge in [0.15, 0.2) is 0 Å². The number of carbonyl (C=O) groups excluding carboxylic acids is 4. The molecule has 1 aliphatic heterocycles. The summed E-state index contributed by atoms with van der Waals surface area (Å²) in [7, 11) is 0. The Labute approximate surface area is 146 Å². The van der Waals surface area contributed by atoms with Crippen LogP contribution in [0.1, 0.15) is 19.4 Å². The highest BCUT2D eigenvalue weighted by atomic mass is 19.4. The van der Waals surface area contributed by atoms with Crippen LogP contribution in [0.4, 0.5) is 23.7 Å². The van der Waals surface area contributed by atoms with Crippen molar-refractivity contribution < 1.29 is 32.3 Å². The highest BCUT2D eigenvalue weighted by molar-refractivity contribution is 6.45. The lowest BCUT2D eigenvalue weighted by Gasteiger charge is -2.17. The van der Waals surface area contributed by atoms with Gasteiger partial charge in [0.2, 0.25) is 5.91 Å². The molecule has 10 heteroatoms. The zero-order valence-corrected chi connectivity index (χ0v) is 14.0. The fourth-order valence-electron chi connectivity index (χ4n) is 2.30. The second-order valence-corrected chi connectivity index (χ2v) is 6.11. The highest BCUT2D eigenvalue weighted by Gasteiger charge is 2.45. The number of alkyl halides is 3. The molecule has 7 nitrogen and oxygen atoms in total. The third-order valence-electron chi connectivity index (χ3n) is 3.48. The first-order chi connectivity index (χ1) is 12.0. The number of benzene rings is 1. The quantitative estimate of drug-likeness (QED) is 0.634. The molecule has 1 aromatic rings. The molecule has 5 amide bonds. The van der Waals surface area contributed by atoms with Gasteiger partial charge in [-0.25, -0.2) is 9.69 Å². The first-order valence-corrected chi connectivity index (χ1v) is 7.65. The van der Waals surface area contributed by atoms with Crippen molar-refractivity contribution in [1.82, 2.24) is 9.80 Å². The second-order valence-electron chi connectivity index (χ2n) is 6.11. The van der Waals surface area contributed by atoms with Crippen molar-refractivity contribution in [2.75, 3.05) is 18.4 Å². The molecule has 0 unspecified atom stereocenters. The summed E-state index contributed by atoms with van der Waals surface area (Å²) in [6, 6.07) is 2.77. The van der Waals surface area contributed by atoms with E-state index < -0.39 is 42.0 Å². The van der Waals surface area contributed by atoms with E-state index in [1.165, 1.54) is 0 Å². The lowest BCUT2D eigenvalue weighted by molar-refractivity contribution is -0.143. The van der Waals surface area contributed by atoms with Crippen molar-refractivity contribution in [1.29, 1.82) is 0 Å². The van der Waals surface area contributed by atoms with Gasteiger partial charge in [-0.2, -0.15) is 13.2 Å². The average molecular weight is 371 g/mol. The van der Waals surface area contributed by atoms with Gasteiger partial charge in [-0.05, 0) is 30.2 Å². The molecule has 0 radical (unpaired) electrons. The number of hydrogen-bond acceptors (Lipinski definition) is 4. The maximum atomic E-state index is 12.5. The van der Waals surface area contributed by atoms with E-state index in [1.54, 1.807) is 13.8 Å². The van der Waals surface area contributed by atoms with Crippen molar-refractivity contribution in [3.8, 4) is 0 Å². The first kappa shape index (κ1) is 19.4. The molecule has 1 aromatic carbocycles. The third kappa shape index (κ3) is 4.19. The van der Waals surface area contributed by atoms with Crippen molar-refractivity contribution >= 4 is 29.4 Å². The van der Waals surface area contributed by atoms with Gasteiger partial charge in [0.05, 0.1) is 5.56 Å². The molecular formula is C16H16F3N3O4. The van der Waals surface area contributed by atoms with E-state index in [-0.39, 0.29) is 18.2 Å². The van der Waals surface area contributed by atoms with Crippen LogP contribution in [0.25, 0.3) is 0 Å². The number of carbonyl (C=O) groups is 4. The molecule has 26 heavy (non-hydrogen) atoms. The molecule has 1 aliphatic rings. The number of imide groups is 2. The average Bonchev–Trinajstić information content (AvgIpc) is 2.72. The first-order valence-electron chi connectivity index (χ1n) is 7.65. The van der Waals surface area contributed by atoms with Gasteiger partial charge in [-0.1, -0.05) is 13.8 Å². The van der Waals surface area contributed by atoms with Crippen LogP contribution in [0.2, 0.25) is 0 Å². The van der Waals surface area contributed by atoms with Gasteiger partial charge in [0.1, 0.15) is 6.54 Å².